The van der Waals surface area contributed by atoms with E-state index in [1.165, 1.54) is 5.56 Å². The molecule has 3 rings (SSSR count). The molecule has 2 aromatic carbocycles. The van der Waals surface area contributed by atoms with Gasteiger partial charge in [0.15, 0.2) is 5.96 Å². The van der Waals surface area contributed by atoms with Gasteiger partial charge in [-0.25, -0.2) is 0 Å². The van der Waals surface area contributed by atoms with Crippen molar-refractivity contribution in [3.8, 4) is 11.5 Å². The van der Waals surface area contributed by atoms with Crippen LogP contribution in [0.3, 0.4) is 0 Å². The zero-order valence-electron chi connectivity index (χ0n) is 17.0. The van der Waals surface area contributed by atoms with Crippen LogP contribution in [-0.2, 0) is 6.54 Å². The lowest BCUT2D eigenvalue weighted by atomic mass is 10.1. The van der Waals surface area contributed by atoms with Gasteiger partial charge in [0.1, 0.15) is 11.5 Å². The number of rotatable bonds is 5. The zero-order valence-corrected chi connectivity index (χ0v) is 17.0. The van der Waals surface area contributed by atoms with Crippen molar-refractivity contribution in [2.24, 2.45) is 4.99 Å². The Labute approximate surface area is 167 Å². The summed E-state index contributed by atoms with van der Waals surface area (Å²) in [5.74, 6) is 2.18. The van der Waals surface area contributed by atoms with Crippen LogP contribution in [0.15, 0.2) is 47.5 Å². The third-order valence-electron chi connectivity index (χ3n) is 5.00. The monoisotopic (exact) mass is 382 g/mol. The van der Waals surface area contributed by atoms with Crippen LogP contribution < -0.4 is 15.0 Å². The van der Waals surface area contributed by atoms with Crippen LogP contribution >= 0.6 is 0 Å². The van der Waals surface area contributed by atoms with E-state index >= 15 is 0 Å². The molecule has 6 heteroatoms. The fourth-order valence-electron chi connectivity index (χ4n) is 3.54. The molecule has 1 fully saturated rings. The van der Waals surface area contributed by atoms with Crippen molar-refractivity contribution in [1.29, 1.82) is 0 Å². The molecule has 150 valence electrons. The highest BCUT2D eigenvalue weighted by Gasteiger charge is 2.21. The Morgan fingerprint density at radius 1 is 1.14 bits per heavy atom. The lowest BCUT2D eigenvalue weighted by molar-refractivity contribution is 0.337. The van der Waals surface area contributed by atoms with Crippen LogP contribution in [0.4, 0.5) is 5.69 Å². The number of phenols is 1. The Kier molecular flexibility index (Phi) is 6.63. The Morgan fingerprint density at radius 2 is 1.89 bits per heavy atom. The molecule has 1 saturated heterocycles. The average Bonchev–Trinajstić information content (AvgIpc) is 2.71. The number of aryl methyl sites for hydroxylation is 1. The van der Waals surface area contributed by atoms with Crippen LogP contribution in [0.5, 0.6) is 11.5 Å². The maximum absolute atomic E-state index is 10.1. The van der Waals surface area contributed by atoms with Crippen molar-refractivity contribution < 1.29 is 9.84 Å². The standard InChI is InChI=1S/C22H30N4O2/c1-4-28-21-10-9-18(15-17(21)2)16-24-22(23-3)26-13-11-25(12-14-26)19-7-5-6-8-20(19)27/h5-10,15,27H,4,11-14,16H2,1-3H3,(H,23,24). The predicted octanol–water partition coefficient (Wildman–Crippen LogP) is 3.00. The summed E-state index contributed by atoms with van der Waals surface area (Å²) in [5, 5.41) is 13.5. The fourth-order valence-corrected chi connectivity index (χ4v) is 3.54. The Morgan fingerprint density at radius 3 is 2.54 bits per heavy atom. The highest BCUT2D eigenvalue weighted by molar-refractivity contribution is 5.80. The van der Waals surface area contributed by atoms with Gasteiger partial charge in [0.05, 0.1) is 12.3 Å². The molecule has 0 amide bonds. The molecule has 0 aromatic heterocycles. The van der Waals surface area contributed by atoms with Gasteiger partial charge in [-0.05, 0) is 43.2 Å². The van der Waals surface area contributed by atoms with Gasteiger partial charge >= 0.3 is 0 Å². The number of anilines is 1. The number of para-hydroxylation sites is 2. The molecule has 1 heterocycles. The molecular formula is C22H30N4O2. The minimum absolute atomic E-state index is 0.337. The molecule has 0 saturated carbocycles. The van der Waals surface area contributed by atoms with Crippen LogP contribution in [0.1, 0.15) is 18.1 Å². The van der Waals surface area contributed by atoms with Crippen molar-refractivity contribution in [2.75, 3.05) is 44.7 Å². The summed E-state index contributed by atoms with van der Waals surface area (Å²) in [6.07, 6.45) is 0. The molecule has 0 bridgehead atoms. The largest absolute Gasteiger partial charge is 0.506 e. The van der Waals surface area contributed by atoms with E-state index in [4.69, 9.17) is 4.74 Å². The normalized spacial score (nSPS) is 14.9. The second-order valence-electron chi connectivity index (χ2n) is 6.90. The number of nitrogens with zero attached hydrogens (tertiary/aromatic N) is 3. The first kappa shape index (κ1) is 19.9. The summed E-state index contributed by atoms with van der Waals surface area (Å²) >= 11 is 0. The zero-order chi connectivity index (χ0) is 19.9. The molecular weight excluding hydrogens is 352 g/mol. The summed E-state index contributed by atoms with van der Waals surface area (Å²) in [4.78, 5) is 8.93. The molecule has 0 radical (unpaired) electrons. The second-order valence-corrected chi connectivity index (χ2v) is 6.90. The predicted molar refractivity (Wildman–Crippen MR) is 114 cm³/mol. The van der Waals surface area contributed by atoms with E-state index in [1.54, 1.807) is 6.07 Å². The molecule has 0 unspecified atom stereocenters. The number of aromatic hydroxyl groups is 1. The number of nitrogens with one attached hydrogen (secondary N) is 1. The van der Waals surface area contributed by atoms with Crippen LogP contribution in [0.25, 0.3) is 0 Å². The van der Waals surface area contributed by atoms with E-state index < -0.39 is 0 Å². The van der Waals surface area contributed by atoms with Gasteiger partial charge in [0, 0.05) is 39.8 Å². The lowest BCUT2D eigenvalue weighted by Gasteiger charge is -2.37. The number of phenolic OH excluding ortho intramolecular Hbond substituents is 1. The van der Waals surface area contributed by atoms with Gasteiger partial charge in [-0.1, -0.05) is 24.3 Å². The quantitative estimate of drug-likeness (QED) is 0.615. The maximum atomic E-state index is 10.1. The smallest absolute Gasteiger partial charge is 0.194 e. The Balaban J connectivity index is 1.55. The highest BCUT2D eigenvalue weighted by Crippen LogP contribution is 2.27. The molecule has 2 N–H and O–H groups in total. The van der Waals surface area contributed by atoms with E-state index in [-0.39, 0.29) is 0 Å². The first-order chi connectivity index (χ1) is 13.6. The van der Waals surface area contributed by atoms with E-state index in [0.717, 1.165) is 55.7 Å². The second kappa shape index (κ2) is 9.35. The summed E-state index contributed by atoms with van der Waals surface area (Å²) in [6, 6.07) is 13.8. The van der Waals surface area contributed by atoms with Crippen LogP contribution in [-0.4, -0.2) is 55.8 Å². The van der Waals surface area contributed by atoms with Crippen molar-refractivity contribution in [3.05, 3.63) is 53.6 Å². The molecule has 2 aromatic rings. The van der Waals surface area contributed by atoms with Gasteiger partial charge < -0.3 is 25.0 Å². The topological polar surface area (TPSA) is 60.3 Å². The summed E-state index contributed by atoms with van der Waals surface area (Å²) < 4.78 is 5.61. The van der Waals surface area contributed by atoms with Gasteiger partial charge in [-0.2, -0.15) is 0 Å². The highest BCUT2D eigenvalue weighted by atomic mass is 16.5. The third kappa shape index (κ3) is 4.68. The molecule has 0 aliphatic carbocycles. The third-order valence-corrected chi connectivity index (χ3v) is 5.00. The average molecular weight is 383 g/mol. The van der Waals surface area contributed by atoms with Gasteiger partial charge in [-0.3, -0.25) is 4.99 Å². The molecule has 1 aliphatic rings. The number of guanidine groups is 1. The number of aliphatic imine (C=N–C) groups is 1. The number of ether oxygens (including phenoxy) is 1. The van der Waals surface area contributed by atoms with Gasteiger partial charge in [0.25, 0.3) is 0 Å². The minimum atomic E-state index is 0.337. The fraction of sp³-hybridized carbons (Fsp3) is 0.409. The molecule has 0 atom stereocenters. The molecule has 1 aliphatic heterocycles. The van der Waals surface area contributed by atoms with Crippen molar-refractivity contribution in [1.82, 2.24) is 10.2 Å². The first-order valence-corrected chi connectivity index (χ1v) is 9.83. The molecule has 6 nitrogen and oxygen atoms in total. The minimum Gasteiger partial charge on any atom is -0.506 e. The number of hydrogen-bond acceptors (Lipinski definition) is 4. The number of piperazine rings is 1. The number of hydrogen-bond donors (Lipinski definition) is 2. The van der Waals surface area contributed by atoms with E-state index in [9.17, 15) is 5.11 Å². The van der Waals surface area contributed by atoms with Gasteiger partial charge in [0.2, 0.25) is 0 Å². The summed E-state index contributed by atoms with van der Waals surface area (Å²) in [7, 11) is 1.82. The van der Waals surface area contributed by atoms with Crippen LogP contribution in [0.2, 0.25) is 0 Å². The summed E-state index contributed by atoms with van der Waals surface area (Å²) in [5.41, 5.74) is 3.25. The Bertz CT molecular complexity index is 814. The maximum Gasteiger partial charge on any atom is 0.194 e. The SMILES string of the molecule is CCOc1ccc(CNC(=NC)N2CCN(c3ccccc3O)CC2)cc1C. The van der Waals surface area contributed by atoms with Crippen LogP contribution in [0, 0.1) is 6.92 Å². The van der Waals surface area contributed by atoms with Crippen molar-refractivity contribution >= 4 is 11.6 Å². The first-order valence-electron chi connectivity index (χ1n) is 9.83. The van der Waals surface area contributed by atoms with Crippen molar-refractivity contribution in [3.63, 3.8) is 0 Å². The molecule has 28 heavy (non-hydrogen) atoms. The van der Waals surface area contributed by atoms with E-state index in [1.807, 2.05) is 38.2 Å². The number of benzene rings is 2. The van der Waals surface area contributed by atoms with Gasteiger partial charge in [-0.15, -0.1) is 0 Å². The van der Waals surface area contributed by atoms with E-state index in [0.29, 0.717) is 12.4 Å². The van der Waals surface area contributed by atoms with E-state index in [2.05, 4.69) is 39.2 Å². The van der Waals surface area contributed by atoms with Crippen molar-refractivity contribution in [2.45, 2.75) is 20.4 Å². The lowest BCUT2D eigenvalue weighted by Crippen LogP contribution is -2.52. The molecule has 0 spiro atoms. The summed E-state index contributed by atoms with van der Waals surface area (Å²) in [6.45, 7) is 8.88. The Hall–Kier alpha value is -2.89.